The number of aldehydes is 1. The van der Waals surface area contributed by atoms with E-state index >= 15 is 0 Å². The van der Waals surface area contributed by atoms with Gasteiger partial charge in [0, 0.05) is 7.11 Å². The molecule has 0 bridgehead atoms. The number of halogens is 1. The fraction of sp³-hybridized carbons (Fsp3) is 0.857. The second-order valence-electron chi connectivity index (χ2n) is 1.98. The average molecular weight is 165 g/mol. The third-order valence-electron chi connectivity index (χ3n) is 1.10. The lowest BCUT2D eigenvalue weighted by Gasteiger charge is -1.99. The van der Waals surface area contributed by atoms with E-state index in [2.05, 4.69) is 0 Å². The van der Waals surface area contributed by atoms with Crippen molar-refractivity contribution in [1.82, 2.24) is 0 Å². The predicted octanol–water partition coefficient (Wildman–Crippen LogP) is 0.261. The molecule has 0 aliphatic carbocycles. The molecule has 0 rings (SSSR count). The minimum Gasteiger partial charge on any atom is -0.400 e. The van der Waals surface area contributed by atoms with Crippen LogP contribution in [0.2, 0.25) is 0 Å². The van der Waals surface area contributed by atoms with Gasteiger partial charge in [-0.1, -0.05) is 0 Å². The van der Waals surface area contributed by atoms with Gasteiger partial charge in [-0.05, 0) is 19.3 Å². The van der Waals surface area contributed by atoms with E-state index in [1.54, 1.807) is 0 Å². The van der Waals surface area contributed by atoms with E-state index in [0.717, 1.165) is 7.11 Å². The molecule has 68 valence electrons. The van der Waals surface area contributed by atoms with Crippen molar-refractivity contribution in [2.75, 3.05) is 13.8 Å². The number of unbranched alkanes of at least 4 members (excludes halogenated alkanes) is 1. The van der Waals surface area contributed by atoms with Crippen LogP contribution in [0.15, 0.2) is 0 Å². The zero-order chi connectivity index (χ0) is 9.11. The Morgan fingerprint density at radius 3 is 2.45 bits per heavy atom. The number of aliphatic hydroxyl groups excluding tert-OH is 1. The molecule has 0 saturated heterocycles. The van der Waals surface area contributed by atoms with Gasteiger partial charge < -0.3 is 15.6 Å². The Labute approximate surface area is 66.4 Å². The van der Waals surface area contributed by atoms with Crippen molar-refractivity contribution < 1.29 is 14.3 Å². The number of carbonyl (C=O) groups excluding carboxylic acids is 1. The van der Waals surface area contributed by atoms with Crippen LogP contribution in [-0.2, 0) is 4.79 Å². The zero-order valence-corrected chi connectivity index (χ0v) is 6.79. The van der Waals surface area contributed by atoms with E-state index in [4.69, 9.17) is 10.8 Å². The van der Waals surface area contributed by atoms with E-state index in [1.807, 2.05) is 0 Å². The molecular formula is C7H16FNO2. The maximum Gasteiger partial charge on any atom is 0.136 e. The quantitative estimate of drug-likeness (QED) is 0.453. The minimum atomic E-state index is -0.392. The summed E-state index contributed by atoms with van der Waals surface area (Å²) >= 11 is 0. The number of aliphatic hydroxyl groups is 1. The Balaban J connectivity index is 0. The molecule has 0 spiro atoms. The van der Waals surface area contributed by atoms with Gasteiger partial charge in [0.2, 0.25) is 0 Å². The molecule has 1 unspecified atom stereocenters. The van der Waals surface area contributed by atoms with Crippen LogP contribution in [0, 0.1) is 0 Å². The fourth-order valence-electron chi connectivity index (χ4n) is 0.543. The maximum absolute atomic E-state index is 11.4. The molecule has 0 heterocycles. The molecule has 0 aliphatic rings. The molecule has 0 radical (unpaired) electrons. The van der Waals surface area contributed by atoms with Crippen LogP contribution >= 0.6 is 0 Å². The Kier molecular flexibility index (Phi) is 14.6. The largest absolute Gasteiger partial charge is 0.400 e. The molecule has 0 aromatic carbocycles. The van der Waals surface area contributed by atoms with Gasteiger partial charge in [0.15, 0.2) is 0 Å². The second kappa shape index (κ2) is 12.2. The lowest BCUT2D eigenvalue weighted by Crippen LogP contribution is -2.20. The first-order valence-corrected chi connectivity index (χ1v) is 3.53. The molecule has 1 atom stereocenters. The molecule has 3 N–H and O–H groups in total. The number of rotatable bonds is 5. The van der Waals surface area contributed by atoms with Crippen molar-refractivity contribution >= 4 is 6.29 Å². The molecule has 0 amide bonds. The van der Waals surface area contributed by atoms with E-state index < -0.39 is 6.04 Å². The number of hydrogen-bond donors (Lipinski definition) is 2. The van der Waals surface area contributed by atoms with Crippen LogP contribution < -0.4 is 5.73 Å². The Morgan fingerprint density at radius 1 is 1.55 bits per heavy atom. The van der Waals surface area contributed by atoms with Gasteiger partial charge in [0.1, 0.15) is 6.29 Å². The molecule has 0 aromatic heterocycles. The van der Waals surface area contributed by atoms with Crippen LogP contribution in [0.5, 0.6) is 0 Å². The van der Waals surface area contributed by atoms with Crippen molar-refractivity contribution in [1.29, 1.82) is 0 Å². The van der Waals surface area contributed by atoms with Gasteiger partial charge in [0.05, 0.1) is 12.7 Å². The summed E-state index contributed by atoms with van der Waals surface area (Å²) in [6, 6.07) is -0.392. The van der Waals surface area contributed by atoms with Crippen molar-refractivity contribution in [3.05, 3.63) is 0 Å². The summed E-state index contributed by atoms with van der Waals surface area (Å²) in [6.45, 7) is -0.314. The molecule has 0 aromatic rings. The maximum atomic E-state index is 11.4. The topological polar surface area (TPSA) is 63.3 Å². The van der Waals surface area contributed by atoms with Gasteiger partial charge in [-0.25, -0.2) is 0 Å². The van der Waals surface area contributed by atoms with Crippen LogP contribution in [-0.4, -0.2) is 31.2 Å². The third-order valence-corrected chi connectivity index (χ3v) is 1.10. The summed E-state index contributed by atoms with van der Waals surface area (Å²) in [4.78, 5) is 9.88. The second-order valence-corrected chi connectivity index (χ2v) is 1.98. The number of hydrogen-bond acceptors (Lipinski definition) is 3. The molecule has 3 nitrogen and oxygen atoms in total. The Morgan fingerprint density at radius 2 is 2.09 bits per heavy atom. The van der Waals surface area contributed by atoms with Gasteiger partial charge in [-0.15, -0.1) is 0 Å². The number of nitrogens with two attached hydrogens (primary N) is 1. The summed E-state index contributed by atoms with van der Waals surface area (Å²) in [7, 11) is 1.00. The fourth-order valence-corrected chi connectivity index (χ4v) is 0.543. The number of alkyl halides is 1. The molecule has 0 fully saturated rings. The highest BCUT2D eigenvalue weighted by Crippen LogP contribution is 1.96. The minimum absolute atomic E-state index is 0.314. The normalized spacial score (nSPS) is 11.3. The van der Waals surface area contributed by atoms with Crippen molar-refractivity contribution in [2.24, 2.45) is 5.73 Å². The van der Waals surface area contributed by atoms with Gasteiger partial charge >= 0.3 is 0 Å². The van der Waals surface area contributed by atoms with E-state index in [-0.39, 0.29) is 6.67 Å². The van der Waals surface area contributed by atoms with Crippen molar-refractivity contribution in [3.63, 3.8) is 0 Å². The predicted molar refractivity (Wildman–Crippen MR) is 42.0 cm³/mol. The van der Waals surface area contributed by atoms with Gasteiger partial charge in [-0.2, -0.15) is 0 Å². The van der Waals surface area contributed by atoms with Crippen molar-refractivity contribution in [2.45, 2.75) is 25.3 Å². The van der Waals surface area contributed by atoms with Crippen LogP contribution in [0.1, 0.15) is 19.3 Å². The zero-order valence-electron chi connectivity index (χ0n) is 6.79. The summed E-state index contributed by atoms with van der Waals surface area (Å²) < 4.78 is 11.4. The van der Waals surface area contributed by atoms with E-state index in [1.165, 1.54) is 0 Å². The summed E-state index contributed by atoms with van der Waals surface area (Å²) in [5.41, 5.74) is 5.22. The molecule has 0 aliphatic heterocycles. The smallest absolute Gasteiger partial charge is 0.136 e. The van der Waals surface area contributed by atoms with Gasteiger partial charge in [-0.3, -0.25) is 4.39 Å². The van der Waals surface area contributed by atoms with Gasteiger partial charge in [0.25, 0.3) is 0 Å². The lowest BCUT2D eigenvalue weighted by molar-refractivity contribution is -0.109. The SMILES string of the molecule is CO.NC(C=O)CCCCF. The van der Waals surface area contributed by atoms with Crippen LogP contribution in [0.25, 0.3) is 0 Å². The molecular weight excluding hydrogens is 149 g/mol. The van der Waals surface area contributed by atoms with Crippen LogP contribution in [0.4, 0.5) is 4.39 Å². The standard InChI is InChI=1S/C6H12FNO.CH4O/c7-4-2-1-3-6(8)5-9;1-2/h5-6H,1-4,8H2;2H,1H3. The number of carbonyl (C=O) groups is 1. The first-order chi connectivity index (χ1) is 5.31. The monoisotopic (exact) mass is 165 g/mol. The lowest BCUT2D eigenvalue weighted by atomic mass is 10.1. The summed E-state index contributed by atoms with van der Waals surface area (Å²) in [5, 5.41) is 7.00. The Bertz CT molecular complexity index is 80.8. The molecule has 11 heavy (non-hydrogen) atoms. The van der Waals surface area contributed by atoms with E-state index in [0.29, 0.717) is 25.5 Å². The highest BCUT2D eigenvalue weighted by Gasteiger charge is 1.97. The van der Waals surface area contributed by atoms with Crippen molar-refractivity contribution in [3.8, 4) is 0 Å². The highest BCUT2D eigenvalue weighted by molar-refractivity contribution is 5.56. The first-order valence-electron chi connectivity index (χ1n) is 3.53. The van der Waals surface area contributed by atoms with Crippen LogP contribution in [0.3, 0.4) is 0 Å². The highest BCUT2D eigenvalue weighted by atomic mass is 19.1. The average Bonchev–Trinajstić information content (AvgIpc) is 2.08. The summed E-state index contributed by atoms with van der Waals surface area (Å²) in [5.74, 6) is 0. The molecule has 4 heteroatoms. The first kappa shape index (κ1) is 13.1. The third kappa shape index (κ3) is 12.7. The van der Waals surface area contributed by atoms with E-state index in [9.17, 15) is 9.18 Å². The Hall–Kier alpha value is -0.480. The summed E-state index contributed by atoms with van der Waals surface area (Å²) in [6.07, 6.45) is 2.52. The molecule has 0 saturated carbocycles.